The summed E-state index contributed by atoms with van der Waals surface area (Å²) in [6, 6.07) is 19.4. The summed E-state index contributed by atoms with van der Waals surface area (Å²) in [5, 5.41) is 13.6. The van der Waals surface area contributed by atoms with Crippen LogP contribution in [-0.4, -0.2) is 29.0 Å². The summed E-state index contributed by atoms with van der Waals surface area (Å²) in [6.45, 7) is 1.65. The molecule has 0 aliphatic carbocycles. The van der Waals surface area contributed by atoms with Crippen LogP contribution in [0.1, 0.15) is 16.7 Å². The molecular formula is C24H21Br2FN2O2. The highest BCUT2D eigenvalue weighted by molar-refractivity contribution is 9.11. The molecule has 1 aliphatic heterocycles. The molecule has 2 N–H and O–H groups in total. The first-order chi connectivity index (χ1) is 14.9. The maximum atomic E-state index is 13.9. The maximum Gasteiger partial charge on any atom is 0.248 e. The van der Waals surface area contributed by atoms with Crippen LogP contribution in [-0.2, 0) is 23.3 Å². The lowest BCUT2D eigenvalue weighted by Gasteiger charge is -2.43. The van der Waals surface area contributed by atoms with Gasteiger partial charge in [0, 0.05) is 35.0 Å². The molecule has 1 amide bonds. The van der Waals surface area contributed by atoms with Crippen LogP contribution in [0.4, 0.5) is 4.39 Å². The number of hydrogen-bond donors (Lipinski definition) is 2. The average molecular weight is 548 g/mol. The van der Waals surface area contributed by atoms with Crippen LogP contribution < -0.4 is 5.32 Å². The second kappa shape index (κ2) is 9.10. The molecule has 1 saturated heterocycles. The van der Waals surface area contributed by atoms with Crippen LogP contribution in [0.2, 0.25) is 0 Å². The van der Waals surface area contributed by atoms with Crippen molar-refractivity contribution in [3.8, 4) is 5.75 Å². The Morgan fingerprint density at radius 2 is 1.74 bits per heavy atom. The number of amides is 1. The molecule has 3 aromatic carbocycles. The predicted octanol–water partition coefficient (Wildman–Crippen LogP) is 5.13. The molecule has 31 heavy (non-hydrogen) atoms. The summed E-state index contributed by atoms with van der Waals surface area (Å²) in [4.78, 5) is 15.8. The Balaban J connectivity index is 1.78. The first-order valence-corrected chi connectivity index (χ1v) is 11.5. The standard InChI is InChI=1S/C24H21Br2FN2O2/c25-21-12-18(27)13-22(26)20(21)14-24(17-7-4-8-19(30)11-17)23(31)29(10-9-28-24)15-16-5-2-1-3-6-16/h1-8,11-13,28,30H,9-10,14-15H2. The summed E-state index contributed by atoms with van der Waals surface area (Å²) in [7, 11) is 0. The topological polar surface area (TPSA) is 52.6 Å². The molecule has 4 nitrogen and oxygen atoms in total. The highest BCUT2D eigenvalue weighted by Gasteiger charge is 2.46. The number of aromatic hydroxyl groups is 1. The van der Waals surface area contributed by atoms with Gasteiger partial charge in [-0.15, -0.1) is 0 Å². The Morgan fingerprint density at radius 3 is 2.42 bits per heavy atom. The summed E-state index contributed by atoms with van der Waals surface area (Å²) < 4.78 is 15.0. The van der Waals surface area contributed by atoms with E-state index in [4.69, 9.17) is 0 Å². The first-order valence-electron chi connectivity index (χ1n) is 9.90. The lowest BCUT2D eigenvalue weighted by atomic mass is 9.80. The molecule has 7 heteroatoms. The Morgan fingerprint density at radius 1 is 1.03 bits per heavy atom. The highest BCUT2D eigenvalue weighted by atomic mass is 79.9. The molecular weight excluding hydrogens is 527 g/mol. The minimum absolute atomic E-state index is 0.0867. The van der Waals surface area contributed by atoms with Gasteiger partial charge in [-0.2, -0.15) is 0 Å². The molecule has 0 radical (unpaired) electrons. The number of carbonyl (C=O) groups excluding carboxylic acids is 1. The van der Waals surface area contributed by atoms with Gasteiger partial charge in [0.1, 0.15) is 17.1 Å². The zero-order valence-corrected chi connectivity index (χ0v) is 19.8. The molecule has 1 heterocycles. The molecule has 0 saturated carbocycles. The summed E-state index contributed by atoms with van der Waals surface area (Å²) in [5.74, 6) is -0.372. The fourth-order valence-corrected chi connectivity index (χ4v) is 5.46. The van der Waals surface area contributed by atoms with E-state index in [1.54, 1.807) is 18.2 Å². The van der Waals surface area contributed by atoms with E-state index in [1.807, 2.05) is 41.3 Å². The van der Waals surface area contributed by atoms with Crippen LogP contribution in [0.5, 0.6) is 5.75 Å². The first kappa shape index (κ1) is 22.0. The van der Waals surface area contributed by atoms with Crippen LogP contribution in [0.25, 0.3) is 0 Å². The molecule has 160 valence electrons. The SMILES string of the molecule is O=C1N(Cc2ccccc2)CCNC1(Cc1c(Br)cc(F)cc1Br)c1cccc(O)c1. The smallest absolute Gasteiger partial charge is 0.248 e. The third-order valence-corrected chi connectivity index (χ3v) is 6.98. The predicted molar refractivity (Wildman–Crippen MR) is 125 cm³/mol. The molecule has 1 unspecified atom stereocenters. The fraction of sp³-hybridized carbons (Fsp3) is 0.208. The van der Waals surface area contributed by atoms with Gasteiger partial charge in [0.05, 0.1) is 0 Å². The van der Waals surface area contributed by atoms with Crippen molar-refractivity contribution in [2.24, 2.45) is 0 Å². The Labute approximate surface area is 197 Å². The van der Waals surface area contributed by atoms with Gasteiger partial charge in [-0.3, -0.25) is 10.1 Å². The number of carbonyl (C=O) groups is 1. The second-order valence-electron chi connectivity index (χ2n) is 7.62. The number of hydrogen-bond acceptors (Lipinski definition) is 3. The van der Waals surface area contributed by atoms with Gasteiger partial charge < -0.3 is 10.0 Å². The van der Waals surface area contributed by atoms with Crippen molar-refractivity contribution in [3.63, 3.8) is 0 Å². The van der Waals surface area contributed by atoms with Gasteiger partial charge >= 0.3 is 0 Å². The van der Waals surface area contributed by atoms with Crippen molar-refractivity contribution in [3.05, 3.63) is 98.2 Å². The minimum Gasteiger partial charge on any atom is -0.508 e. The molecule has 0 bridgehead atoms. The monoisotopic (exact) mass is 546 g/mol. The molecule has 0 spiro atoms. The van der Waals surface area contributed by atoms with Gasteiger partial charge in [-0.05, 0) is 41.0 Å². The molecule has 1 aliphatic rings. The van der Waals surface area contributed by atoms with E-state index in [-0.39, 0.29) is 23.9 Å². The van der Waals surface area contributed by atoms with Crippen molar-refractivity contribution < 1.29 is 14.3 Å². The van der Waals surface area contributed by atoms with Crippen molar-refractivity contribution >= 4 is 37.8 Å². The Bertz CT molecular complexity index is 1090. The van der Waals surface area contributed by atoms with E-state index >= 15 is 0 Å². The molecule has 1 atom stereocenters. The zero-order chi connectivity index (χ0) is 22.0. The lowest BCUT2D eigenvalue weighted by molar-refractivity contribution is -0.142. The van der Waals surface area contributed by atoms with Gasteiger partial charge in [0.25, 0.3) is 0 Å². The zero-order valence-electron chi connectivity index (χ0n) is 16.6. The van der Waals surface area contributed by atoms with Crippen molar-refractivity contribution in [1.29, 1.82) is 0 Å². The number of piperazine rings is 1. The van der Waals surface area contributed by atoms with Crippen molar-refractivity contribution in [2.75, 3.05) is 13.1 Å². The second-order valence-corrected chi connectivity index (χ2v) is 9.33. The summed E-state index contributed by atoms with van der Waals surface area (Å²) in [6.07, 6.45) is 0.280. The Kier molecular flexibility index (Phi) is 6.46. The maximum absolute atomic E-state index is 13.9. The van der Waals surface area contributed by atoms with Crippen LogP contribution in [0.3, 0.4) is 0 Å². The molecule has 0 aromatic heterocycles. The quantitative estimate of drug-likeness (QED) is 0.466. The fourth-order valence-electron chi connectivity index (χ4n) is 4.05. The van der Waals surface area contributed by atoms with E-state index in [1.165, 1.54) is 12.1 Å². The van der Waals surface area contributed by atoms with Crippen molar-refractivity contribution in [1.82, 2.24) is 10.2 Å². The molecule has 1 fully saturated rings. The number of phenols is 1. The third kappa shape index (κ3) is 4.54. The number of phenolic OH excluding ortho intramolecular Hbond substituents is 1. The van der Waals surface area contributed by atoms with Gasteiger partial charge in [-0.25, -0.2) is 4.39 Å². The van der Waals surface area contributed by atoms with E-state index < -0.39 is 5.54 Å². The lowest BCUT2D eigenvalue weighted by Crippen LogP contribution is -2.63. The van der Waals surface area contributed by atoms with Gasteiger partial charge in [0.15, 0.2) is 0 Å². The normalized spacial score (nSPS) is 18.9. The molecule has 4 rings (SSSR count). The van der Waals surface area contributed by atoms with Gasteiger partial charge in [0.2, 0.25) is 5.91 Å². The van der Waals surface area contributed by atoms with E-state index in [2.05, 4.69) is 37.2 Å². The number of benzene rings is 3. The number of nitrogens with one attached hydrogen (secondary N) is 1. The average Bonchev–Trinajstić information content (AvgIpc) is 2.74. The summed E-state index contributed by atoms with van der Waals surface area (Å²) >= 11 is 6.91. The van der Waals surface area contributed by atoms with Crippen LogP contribution >= 0.6 is 31.9 Å². The van der Waals surface area contributed by atoms with Crippen LogP contribution in [0, 0.1) is 5.82 Å². The van der Waals surface area contributed by atoms with Gasteiger partial charge in [-0.1, -0.05) is 74.3 Å². The van der Waals surface area contributed by atoms with E-state index in [9.17, 15) is 14.3 Å². The number of nitrogens with zero attached hydrogens (tertiary/aromatic N) is 1. The van der Waals surface area contributed by atoms with E-state index in [0.29, 0.717) is 34.1 Å². The number of rotatable bonds is 5. The third-order valence-electron chi connectivity index (χ3n) is 5.56. The Hall–Kier alpha value is -2.22. The van der Waals surface area contributed by atoms with Crippen LogP contribution in [0.15, 0.2) is 75.7 Å². The highest BCUT2D eigenvalue weighted by Crippen LogP contribution is 2.37. The molecule has 3 aromatic rings. The minimum atomic E-state index is -1.10. The number of halogens is 3. The largest absolute Gasteiger partial charge is 0.508 e. The van der Waals surface area contributed by atoms with Crippen molar-refractivity contribution in [2.45, 2.75) is 18.5 Å². The summed E-state index contributed by atoms with van der Waals surface area (Å²) in [5.41, 5.74) is 1.38. The van der Waals surface area contributed by atoms with E-state index in [0.717, 1.165) is 11.1 Å².